The van der Waals surface area contributed by atoms with E-state index in [-0.39, 0.29) is 18.7 Å². The third-order valence-corrected chi connectivity index (χ3v) is 11.8. The van der Waals surface area contributed by atoms with E-state index >= 15 is 0 Å². The van der Waals surface area contributed by atoms with E-state index in [4.69, 9.17) is 10.1 Å². The highest BCUT2D eigenvalue weighted by Gasteiger charge is 2.48. The van der Waals surface area contributed by atoms with Crippen molar-refractivity contribution >= 4 is 44.9 Å². The van der Waals surface area contributed by atoms with Crippen molar-refractivity contribution in [2.24, 2.45) is 4.99 Å². The van der Waals surface area contributed by atoms with Crippen LogP contribution < -0.4 is 15.5 Å². The molecule has 12 nitrogen and oxygen atoms in total. The molecule has 6 rings (SSSR count). The summed E-state index contributed by atoms with van der Waals surface area (Å²) in [6.07, 6.45) is 5.46. The number of benzene rings is 2. The van der Waals surface area contributed by atoms with Gasteiger partial charge in [-0.05, 0) is 74.2 Å². The van der Waals surface area contributed by atoms with E-state index in [2.05, 4.69) is 41.5 Å². The molecule has 54 heavy (non-hydrogen) atoms. The summed E-state index contributed by atoms with van der Waals surface area (Å²) in [6, 6.07) is 14.6. The Morgan fingerprint density at radius 1 is 1.00 bits per heavy atom. The topological polar surface area (TPSA) is 169 Å². The highest BCUT2D eigenvalue weighted by atomic mass is 32.2. The van der Waals surface area contributed by atoms with Crippen LogP contribution in [0.25, 0.3) is 0 Å². The molecule has 0 saturated heterocycles. The number of fused-ring (bicyclic) bond motifs is 4. The van der Waals surface area contributed by atoms with Gasteiger partial charge in [-0.3, -0.25) is 23.9 Å². The lowest BCUT2D eigenvalue weighted by Crippen LogP contribution is -2.51. The van der Waals surface area contributed by atoms with E-state index in [9.17, 15) is 27.4 Å². The molecule has 1 atom stereocenters. The lowest BCUT2D eigenvalue weighted by Gasteiger charge is -2.39. The highest BCUT2D eigenvalue weighted by Crippen LogP contribution is 2.54. The third kappa shape index (κ3) is 7.80. The Hall–Kier alpha value is -4.59. The van der Waals surface area contributed by atoms with Gasteiger partial charge >= 0.3 is 5.97 Å². The number of hydrogen-bond donors (Lipinski definition) is 4. The van der Waals surface area contributed by atoms with Gasteiger partial charge in [-0.15, -0.1) is 0 Å². The van der Waals surface area contributed by atoms with Crippen LogP contribution in [0.1, 0.15) is 77.3 Å². The number of nitrogens with zero attached hydrogens (tertiary/aromatic N) is 3. The normalized spacial score (nSPS) is 19.7. The number of aliphatic carboxylic acids is 1. The van der Waals surface area contributed by atoms with Gasteiger partial charge in [-0.2, -0.15) is 8.42 Å². The molecule has 0 saturated carbocycles. The van der Waals surface area contributed by atoms with Gasteiger partial charge in [0, 0.05) is 53.8 Å². The molecule has 1 unspecified atom stereocenters. The van der Waals surface area contributed by atoms with Crippen molar-refractivity contribution < 1.29 is 32.5 Å². The van der Waals surface area contributed by atoms with Crippen LogP contribution in [0.5, 0.6) is 0 Å². The average molecular weight is 758 g/mol. The molecule has 4 N–H and O–H groups in total. The molecule has 3 heterocycles. The number of aliphatic imine (C=N–C) groups is 1. The van der Waals surface area contributed by atoms with E-state index < -0.39 is 44.6 Å². The summed E-state index contributed by atoms with van der Waals surface area (Å²) < 4.78 is 34.8. The Bertz CT molecular complexity index is 2100. The van der Waals surface area contributed by atoms with Crippen molar-refractivity contribution in [2.45, 2.75) is 83.1 Å². The molecule has 1 amide bonds. The molecular weight excluding hydrogens is 707 g/mol. The first-order valence-corrected chi connectivity index (χ1v) is 20.3. The maximum atomic E-state index is 14.5. The average Bonchev–Trinajstić information content (AvgIpc) is 3.51. The van der Waals surface area contributed by atoms with Crippen LogP contribution in [0.2, 0.25) is 0 Å². The highest BCUT2D eigenvalue weighted by molar-refractivity contribution is 7.85. The van der Waals surface area contributed by atoms with Crippen molar-refractivity contribution in [2.75, 3.05) is 43.9 Å². The summed E-state index contributed by atoms with van der Waals surface area (Å²) in [5.41, 5.74) is 6.80. The zero-order valence-electron chi connectivity index (χ0n) is 31.7. The molecule has 0 aromatic heterocycles. The van der Waals surface area contributed by atoms with Gasteiger partial charge in [0.25, 0.3) is 10.1 Å². The fourth-order valence-electron chi connectivity index (χ4n) is 8.24. The number of amides is 1. The number of hydrogen-bond acceptors (Lipinski definition) is 9. The SMILES string of the molecule is CN(CCCCCC(=O)O)CCNC(=O)C(CS(=O)(=O)O)NC1=C(C2=C3N(CCC2)c2ccccc2C3(C)C)C(=O)/C1=C\C1=Nc2ccccc2C1(C)C. The number of carboxylic acid groups (broad SMARTS) is 1. The minimum Gasteiger partial charge on any atom is -0.481 e. The van der Waals surface area contributed by atoms with Crippen LogP contribution in [0, 0.1) is 0 Å². The minimum atomic E-state index is -4.63. The first kappa shape index (κ1) is 39.1. The van der Waals surface area contributed by atoms with E-state index in [0.29, 0.717) is 48.5 Å². The molecule has 0 fully saturated rings. The summed E-state index contributed by atoms with van der Waals surface area (Å²) in [7, 11) is -2.74. The molecule has 288 valence electrons. The number of carboxylic acids is 1. The molecule has 2 aromatic rings. The molecule has 13 heteroatoms. The number of likely N-dealkylation sites (N-methyl/N-ethyl adjacent to an activating group) is 1. The van der Waals surface area contributed by atoms with Crippen molar-refractivity contribution in [1.29, 1.82) is 0 Å². The Kier molecular flexibility index (Phi) is 11.1. The maximum absolute atomic E-state index is 14.5. The van der Waals surface area contributed by atoms with E-state index in [1.807, 2.05) is 62.2 Å². The number of nitrogens with one attached hydrogen (secondary N) is 2. The largest absolute Gasteiger partial charge is 0.481 e. The lowest BCUT2D eigenvalue weighted by molar-refractivity contribution is -0.137. The van der Waals surface area contributed by atoms with Crippen LogP contribution in [0.4, 0.5) is 11.4 Å². The number of unbranched alkanes of at least 4 members (excludes halogenated alkanes) is 2. The van der Waals surface area contributed by atoms with Crippen molar-refractivity contribution in [3.05, 3.63) is 93.8 Å². The molecule has 4 aliphatic rings. The molecule has 0 spiro atoms. The zero-order valence-corrected chi connectivity index (χ0v) is 32.6. The molecule has 0 bridgehead atoms. The monoisotopic (exact) mass is 757 g/mol. The van der Waals surface area contributed by atoms with Gasteiger partial charge in [0.15, 0.2) is 5.78 Å². The molecule has 0 radical (unpaired) electrons. The van der Waals surface area contributed by atoms with Crippen molar-refractivity contribution in [3.63, 3.8) is 0 Å². The summed E-state index contributed by atoms with van der Waals surface area (Å²) in [5, 5.41) is 14.8. The number of anilines is 1. The molecule has 3 aliphatic heterocycles. The molecular formula is C41H51N5O7S. The van der Waals surface area contributed by atoms with Gasteiger partial charge in [-0.25, -0.2) is 0 Å². The smallest absolute Gasteiger partial charge is 0.303 e. The predicted octanol–water partition coefficient (Wildman–Crippen LogP) is 5.20. The number of Topliss-reactive ketones (excluding diaryl/α,β-unsaturated/α-hetero) is 1. The first-order valence-electron chi connectivity index (χ1n) is 18.7. The maximum Gasteiger partial charge on any atom is 0.303 e. The van der Waals surface area contributed by atoms with Gasteiger partial charge in [0.05, 0.1) is 22.7 Å². The van der Waals surface area contributed by atoms with Crippen LogP contribution in [0.15, 0.2) is 87.7 Å². The Labute approximate surface area is 317 Å². The number of para-hydroxylation sites is 2. The van der Waals surface area contributed by atoms with Crippen LogP contribution in [-0.4, -0.2) is 91.4 Å². The summed E-state index contributed by atoms with van der Waals surface area (Å²) in [4.78, 5) is 48.2. The number of ketones is 1. The first-order chi connectivity index (χ1) is 25.5. The Morgan fingerprint density at radius 3 is 2.41 bits per heavy atom. The molecule has 1 aliphatic carbocycles. The Balaban J connectivity index is 1.33. The third-order valence-electron chi connectivity index (χ3n) is 11.1. The zero-order chi connectivity index (χ0) is 39.0. The van der Waals surface area contributed by atoms with Crippen LogP contribution >= 0.6 is 0 Å². The lowest BCUT2D eigenvalue weighted by atomic mass is 9.72. The second kappa shape index (κ2) is 15.3. The molecule has 2 aromatic carbocycles. The quantitative estimate of drug-likeness (QED) is 0.102. The standard InChI is InChI=1S/C41H51N5O7S/c1-40(2)28-15-8-10-17-30(28)43-33(40)24-27-36(35(37(27)49)26-14-13-22-46-32-18-11-9-16-29(32)41(3,4)38(26)46)44-31(25-54(51,52)53)39(50)42-20-23-45(5)21-12-6-7-19-34(47)48/h8-11,15-18,24,31,44H,6-7,12-14,19-23,25H2,1-5H3,(H,42,50)(H,47,48)(H,51,52,53)/b27-24-. The number of rotatable bonds is 16. The van der Waals surface area contributed by atoms with Gasteiger partial charge in [0.1, 0.15) is 11.8 Å². The van der Waals surface area contributed by atoms with E-state index in [1.54, 1.807) is 6.08 Å². The minimum absolute atomic E-state index is 0.129. The van der Waals surface area contributed by atoms with E-state index in [0.717, 1.165) is 59.6 Å². The number of carbonyl (C=O) groups is 3. The van der Waals surface area contributed by atoms with E-state index in [1.165, 1.54) is 0 Å². The fourth-order valence-corrected chi connectivity index (χ4v) is 8.90. The Morgan fingerprint density at radius 2 is 1.70 bits per heavy atom. The number of carbonyl (C=O) groups excluding carboxylic acids is 2. The number of allylic oxidation sites excluding steroid dienone is 5. The van der Waals surface area contributed by atoms with Crippen molar-refractivity contribution in [3.8, 4) is 0 Å². The second-order valence-corrected chi connectivity index (χ2v) is 17.2. The fraction of sp³-hybridized carbons (Fsp3) is 0.463. The summed E-state index contributed by atoms with van der Waals surface area (Å²) in [6.45, 7) is 10.6. The van der Waals surface area contributed by atoms with Gasteiger partial charge in [0.2, 0.25) is 5.91 Å². The summed E-state index contributed by atoms with van der Waals surface area (Å²) in [5.74, 6) is -2.55. The van der Waals surface area contributed by atoms with Gasteiger partial charge < -0.3 is 25.5 Å². The van der Waals surface area contributed by atoms with Crippen LogP contribution in [-0.2, 0) is 35.3 Å². The van der Waals surface area contributed by atoms with Crippen LogP contribution in [0.3, 0.4) is 0 Å². The predicted molar refractivity (Wildman–Crippen MR) is 210 cm³/mol. The summed E-state index contributed by atoms with van der Waals surface area (Å²) >= 11 is 0. The second-order valence-electron chi connectivity index (χ2n) is 15.7. The van der Waals surface area contributed by atoms with Crippen molar-refractivity contribution in [1.82, 2.24) is 15.5 Å². The van der Waals surface area contributed by atoms with Gasteiger partial charge in [-0.1, -0.05) is 70.5 Å².